The first-order valence-corrected chi connectivity index (χ1v) is 7.69. The zero-order valence-corrected chi connectivity index (χ0v) is 12.7. The lowest BCUT2D eigenvalue weighted by molar-refractivity contribution is 0.0712. The fourth-order valence-electron chi connectivity index (χ4n) is 3.12. The van der Waals surface area contributed by atoms with E-state index in [0.717, 1.165) is 36.6 Å². The van der Waals surface area contributed by atoms with Crippen LogP contribution in [0.4, 0.5) is 0 Å². The maximum atomic E-state index is 12.5. The van der Waals surface area contributed by atoms with Gasteiger partial charge in [-0.2, -0.15) is 0 Å². The molecule has 1 amide bonds. The lowest BCUT2D eigenvalue weighted by Crippen LogP contribution is -2.45. The lowest BCUT2D eigenvalue weighted by atomic mass is 9.92. The number of fused-ring (bicyclic) bond motifs is 1. The average molecular weight is 307 g/mol. The minimum Gasteiger partial charge on any atom is -0.391 e. The molecular formula is C16H19ClN2O2. The van der Waals surface area contributed by atoms with Crippen LogP contribution in [0.15, 0.2) is 24.3 Å². The van der Waals surface area contributed by atoms with Gasteiger partial charge in [0.1, 0.15) is 5.69 Å². The van der Waals surface area contributed by atoms with Gasteiger partial charge in [0.2, 0.25) is 0 Å². The van der Waals surface area contributed by atoms with Gasteiger partial charge in [-0.1, -0.05) is 42.6 Å². The van der Waals surface area contributed by atoms with E-state index in [9.17, 15) is 9.90 Å². The van der Waals surface area contributed by atoms with Crippen molar-refractivity contribution in [2.45, 2.75) is 37.8 Å². The number of nitrogens with zero attached hydrogens (tertiary/aromatic N) is 1. The first-order chi connectivity index (χ1) is 10.1. The van der Waals surface area contributed by atoms with E-state index in [-0.39, 0.29) is 11.9 Å². The van der Waals surface area contributed by atoms with Crippen molar-refractivity contribution in [3.8, 4) is 0 Å². The van der Waals surface area contributed by atoms with Crippen LogP contribution in [0, 0.1) is 0 Å². The summed E-state index contributed by atoms with van der Waals surface area (Å²) in [7, 11) is 1.83. The van der Waals surface area contributed by atoms with E-state index in [2.05, 4.69) is 5.32 Å². The molecule has 3 rings (SSSR count). The number of aliphatic hydroxyl groups is 1. The number of hydrogen-bond acceptors (Lipinski definition) is 2. The lowest BCUT2D eigenvalue weighted by Gasteiger charge is -2.28. The van der Waals surface area contributed by atoms with Crippen LogP contribution in [-0.4, -0.2) is 27.7 Å². The second-order valence-electron chi connectivity index (χ2n) is 5.67. The molecule has 0 bridgehead atoms. The SMILES string of the molecule is Cn1c(C(=O)NC2CCCCC2O)c(Cl)c2ccccc21. The van der Waals surface area contributed by atoms with Crippen LogP contribution in [-0.2, 0) is 7.05 Å². The average Bonchev–Trinajstić information content (AvgIpc) is 2.74. The van der Waals surface area contributed by atoms with Gasteiger partial charge in [0.15, 0.2) is 0 Å². The van der Waals surface area contributed by atoms with E-state index in [1.165, 1.54) is 0 Å². The zero-order chi connectivity index (χ0) is 15.0. The summed E-state index contributed by atoms with van der Waals surface area (Å²) < 4.78 is 1.81. The minimum atomic E-state index is -0.462. The third-order valence-corrected chi connectivity index (χ3v) is 4.69. The molecule has 21 heavy (non-hydrogen) atoms. The highest BCUT2D eigenvalue weighted by Gasteiger charge is 2.27. The van der Waals surface area contributed by atoms with Crippen LogP contribution in [0.25, 0.3) is 10.9 Å². The Balaban J connectivity index is 1.91. The number of hydrogen-bond donors (Lipinski definition) is 2. The Morgan fingerprint density at radius 2 is 2.05 bits per heavy atom. The van der Waals surface area contributed by atoms with Crippen molar-refractivity contribution in [3.05, 3.63) is 35.0 Å². The van der Waals surface area contributed by atoms with Crippen molar-refractivity contribution in [2.24, 2.45) is 7.05 Å². The van der Waals surface area contributed by atoms with Crippen molar-refractivity contribution in [3.63, 3.8) is 0 Å². The molecule has 2 N–H and O–H groups in total. The third kappa shape index (κ3) is 2.54. The Bertz CT molecular complexity index is 641. The largest absolute Gasteiger partial charge is 0.391 e. The van der Waals surface area contributed by atoms with Gasteiger partial charge >= 0.3 is 0 Å². The zero-order valence-electron chi connectivity index (χ0n) is 12.0. The van der Waals surface area contributed by atoms with E-state index in [1.807, 2.05) is 35.9 Å². The molecule has 1 aliphatic carbocycles. The monoisotopic (exact) mass is 306 g/mol. The molecule has 1 aliphatic rings. The van der Waals surface area contributed by atoms with E-state index >= 15 is 0 Å². The molecule has 1 saturated carbocycles. The van der Waals surface area contributed by atoms with E-state index in [0.29, 0.717) is 10.7 Å². The summed E-state index contributed by atoms with van der Waals surface area (Å²) in [6.45, 7) is 0. The van der Waals surface area contributed by atoms with Crippen LogP contribution in [0.1, 0.15) is 36.2 Å². The highest BCUT2D eigenvalue weighted by atomic mass is 35.5. The highest BCUT2D eigenvalue weighted by molar-refractivity contribution is 6.38. The molecule has 0 saturated heterocycles. The summed E-state index contributed by atoms with van der Waals surface area (Å²) in [4.78, 5) is 12.5. The number of amides is 1. The van der Waals surface area contributed by atoms with Crippen LogP contribution >= 0.6 is 11.6 Å². The predicted octanol–water partition coefficient (Wildman–Crippen LogP) is 2.87. The molecule has 1 heterocycles. The third-order valence-electron chi connectivity index (χ3n) is 4.31. The van der Waals surface area contributed by atoms with Gasteiger partial charge in [-0.25, -0.2) is 0 Å². The molecule has 1 aromatic carbocycles. The first-order valence-electron chi connectivity index (χ1n) is 7.31. The van der Waals surface area contributed by atoms with Gasteiger partial charge in [0.05, 0.1) is 17.2 Å². The number of aromatic nitrogens is 1. The van der Waals surface area contributed by atoms with E-state index < -0.39 is 6.10 Å². The second kappa shape index (κ2) is 5.70. The number of benzene rings is 1. The quantitative estimate of drug-likeness (QED) is 0.896. The number of carbonyl (C=O) groups excluding carboxylic acids is 1. The number of aliphatic hydroxyl groups excluding tert-OH is 1. The van der Waals surface area contributed by atoms with Crippen molar-refractivity contribution in [2.75, 3.05) is 0 Å². The van der Waals surface area contributed by atoms with Gasteiger partial charge in [-0.15, -0.1) is 0 Å². The van der Waals surface area contributed by atoms with Crippen LogP contribution in [0.3, 0.4) is 0 Å². The van der Waals surface area contributed by atoms with Crippen molar-refractivity contribution < 1.29 is 9.90 Å². The van der Waals surface area contributed by atoms with E-state index in [1.54, 1.807) is 0 Å². The molecule has 0 aliphatic heterocycles. The van der Waals surface area contributed by atoms with Crippen molar-refractivity contribution in [1.29, 1.82) is 0 Å². The fraction of sp³-hybridized carbons (Fsp3) is 0.438. The summed E-state index contributed by atoms with van der Waals surface area (Å²) in [5, 5.41) is 14.3. The summed E-state index contributed by atoms with van der Waals surface area (Å²) in [5.41, 5.74) is 1.38. The van der Waals surface area contributed by atoms with Crippen LogP contribution < -0.4 is 5.32 Å². The number of halogens is 1. The van der Waals surface area contributed by atoms with Gasteiger partial charge in [0, 0.05) is 18.0 Å². The van der Waals surface area contributed by atoms with Gasteiger partial charge < -0.3 is 15.0 Å². The molecule has 1 fully saturated rings. The Morgan fingerprint density at radius 3 is 2.76 bits per heavy atom. The molecule has 1 aromatic heterocycles. The molecular weight excluding hydrogens is 288 g/mol. The predicted molar refractivity (Wildman–Crippen MR) is 83.7 cm³/mol. The topological polar surface area (TPSA) is 54.3 Å². The van der Waals surface area contributed by atoms with Crippen molar-refractivity contribution >= 4 is 28.4 Å². The highest BCUT2D eigenvalue weighted by Crippen LogP contribution is 2.30. The summed E-state index contributed by atoms with van der Waals surface area (Å²) in [6, 6.07) is 7.49. The maximum absolute atomic E-state index is 12.5. The number of rotatable bonds is 2. The summed E-state index contributed by atoms with van der Waals surface area (Å²) in [6.07, 6.45) is 3.14. The molecule has 2 aromatic rings. The molecule has 112 valence electrons. The number of aryl methyl sites for hydroxylation is 1. The molecule has 4 nitrogen and oxygen atoms in total. The molecule has 0 radical (unpaired) electrons. The normalized spacial score (nSPS) is 22.4. The number of para-hydroxylation sites is 1. The van der Waals surface area contributed by atoms with Gasteiger partial charge in [-0.3, -0.25) is 4.79 Å². The van der Waals surface area contributed by atoms with Crippen LogP contribution in [0.5, 0.6) is 0 Å². The summed E-state index contributed by atoms with van der Waals surface area (Å²) >= 11 is 6.37. The van der Waals surface area contributed by atoms with Crippen LogP contribution in [0.2, 0.25) is 5.02 Å². The Hall–Kier alpha value is -1.52. The first kappa shape index (κ1) is 14.4. The van der Waals surface area contributed by atoms with E-state index in [4.69, 9.17) is 11.6 Å². The standard InChI is InChI=1S/C16H19ClN2O2/c1-19-12-8-4-2-6-10(12)14(17)15(19)16(21)18-11-7-3-5-9-13(11)20/h2,4,6,8,11,13,20H,3,5,7,9H2,1H3,(H,18,21). The Morgan fingerprint density at radius 1 is 1.33 bits per heavy atom. The second-order valence-corrected chi connectivity index (χ2v) is 6.05. The molecule has 2 unspecified atom stereocenters. The Labute approximate surface area is 128 Å². The minimum absolute atomic E-state index is 0.180. The molecule has 5 heteroatoms. The number of nitrogens with one attached hydrogen (secondary N) is 1. The Kier molecular flexibility index (Phi) is 3.91. The maximum Gasteiger partial charge on any atom is 0.269 e. The van der Waals surface area contributed by atoms with Crippen molar-refractivity contribution in [1.82, 2.24) is 9.88 Å². The molecule has 2 atom stereocenters. The smallest absolute Gasteiger partial charge is 0.269 e. The molecule has 0 spiro atoms. The van der Waals surface area contributed by atoms with Gasteiger partial charge in [-0.05, 0) is 18.9 Å². The fourth-order valence-corrected chi connectivity index (χ4v) is 3.49. The number of carbonyl (C=O) groups is 1. The summed E-state index contributed by atoms with van der Waals surface area (Å²) in [5.74, 6) is -0.218. The van der Waals surface area contributed by atoms with Gasteiger partial charge in [0.25, 0.3) is 5.91 Å².